The molecule has 4 rings (SSSR count). The van der Waals surface area contributed by atoms with Crippen molar-refractivity contribution in [2.75, 3.05) is 26.2 Å². The molecular weight excluding hydrogens is 310 g/mol. The first-order valence-corrected chi connectivity index (χ1v) is 10.8. The summed E-state index contributed by atoms with van der Waals surface area (Å²) in [6.07, 6.45) is 11.1. The van der Waals surface area contributed by atoms with Crippen molar-refractivity contribution < 1.29 is 14.4 Å². The van der Waals surface area contributed by atoms with Crippen LogP contribution >= 0.6 is 0 Å². The van der Waals surface area contributed by atoms with Gasteiger partial charge in [-0.25, -0.2) is 0 Å². The molecule has 0 amide bonds. The number of ether oxygens (including phenoxy) is 2. The summed E-state index contributed by atoms with van der Waals surface area (Å²) in [4.78, 5) is 1.73. The van der Waals surface area contributed by atoms with E-state index in [0.29, 0.717) is 23.4 Å². The maximum absolute atomic E-state index is 6.46. The lowest BCUT2D eigenvalue weighted by atomic mass is 9.63. The number of likely N-dealkylation sites (tertiary alicyclic amines) is 1. The van der Waals surface area contributed by atoms with Gasteiger partial charge >= 0.3 is 0 Å². The van der Waals surface area contributed by atoms with Crippen molar-refractivity contribution in [3.05, 3.63) is 11.1 Å². The van der Waals surface area contributed by atoms with Crippen LogP contribution in [0, 0.1) is 17.3 Å². The molecule has 0 radical (unpaired) electrons. The van der Waals surface area contributed by atoms with E-state index in [1.807, 2.05) is 0 Å². The quantitative estimate of drug-likeness (QED) is 0.791. The minimum absolute atomic E-state index is 0.0379. The number of hydrogen-bond donors (Lipinski definition) is 1. The highest BCUT2D eigenvalue weighted by molar-refractivity contribution is 5.27. The van der Waals surface area contributed by atoms with Crippen molar-refractivity contribution in [3.63, 3.8) is 0 Å². The molecule has 0 aromatic carbocycles. The van der Waals surface area contributed by atoms with Crippen LogP contribution in [0.3, 0.4) is 0 Å². The van der Waals surface area contributed by atoms with Crippen LogP contribution in [0.1, 0.15) is 72.1 Å². The monoisotopic (exact) mass is 348 g/mol. The smallest absolute Gasteiger partial charge is 0.161 e. The first-order valence-electron chi connectivity index (χ1n) is 10.8. The van der Waals surface area contributed by atoms with Crippen molar-refractivity contribution in [2.45, 2.75) is 84.5 Å². The molecule has 0 unspecified atom stereocenters. The zero-order chi connectivity index (χ0) is 17.4. The Kier molecular flexibility index (Phi) is 5.28. The summed E-state index contributed by atoms with van der Waals surface area (Å²) in [6.45, 7) is 11.9. The molecule has 0 saturated carbocycles. The van der Waals surface area contributed by atoms with Gasteiger partial charge in [0.1, 0.15) is 12.6 Å². The minimum Gasteiger partial charge on any atom is -0.349 e. The Balaban J connectivity index is 1.38. The Morgan fingerprint density at radius 3 is 2.68 bits per heavy atom. The van der Waals surface area contributed by atoms with E-state index < -0.39 is 0 Å². The van der Waals surface area contributed by atoms with Gasteiger partial charge in [0.05, 0.1) is 19.7 Å². The van der Waals surface area contributed by atoms with Crippen molar-refractivity contribution in [2.24, 2.45) is 17.3 Å². The van der Waals surface area contributed by atoms with Gasteiger partial charge in [0, 0.05) is 5.92 Å². The third kappa shape index (κ3) is 3.84. The van der Waals surface area contributed by atoms with Crippen LogP contribution < -0.4 is 4.90 Å². The second-order valence-electron chi connectivity index (χ2n) is 9.84. The van der Waals surface area contributed by atoms with Gasteiger partial charge in [-0.1, -0.05) is 31.9 Å². The minimum atomic E-state index is 0.0379. The Morgan fingerprint density at radius 2 is 1.88 bits per heavy atom. The molecule has 2 heterocycles. The van der Waals surface area contributed by atoms with Gasteiger partial charge in [-0.2, -0.15) is 0 Å². The molecule has 0 bridgehead atoms. The summed E-state index contributed by atoms with van der Waals surface area (Å²) in [5, 5.41) is 0. The lowest BCUT2D eigenvalue weighted by Gasteiger charge is -2.44. The first-order chi connectivity index (χ1) is 12.0. The normalized spacial score (nSPS) is 39.5. The van der Waals surface area contributed by atoms with E-state index in [1.54, 1.807) is 16.0 Å². The highest BCUT2D eigenvalue weighted by atomic mass is 16.7. The van der Waals surface area contributed by atoms with Gasteiger partial charge < -0.3 is 14.4 Å². The van der Waals surface area contributed by atoms with Crippen molar-refractivity contribution in [1.29, 1.82) is 0 Å². The van der Waals surface area contributed by atoms with E-state index in [1.165, 1.54) is 64.5 Å². The number of rotatable bonds is 3. The lowest BCUT2D eigenvalue weighted by Crippen LogP contribution is -3.13. The molecule has 2 aliphatic heterocycles. The number of allylic oxidation sites excluding steroid dienone is 2. The van der Waals surface area contributed by atoms with E-state index in [2.05, 4.69) is 20.8 Å². The van der Waals surface area contributed by atoms with Gasteiger partial charge in [0.25, 0.3) is 0 Å². The number of hydrogen-bond acceptors (Lipinski definition) is 2. The molecule has 25 heavy (non-hydrogen) atoms. The summed E-state index contributed by atoms with van der Waals surface area (Å²) in [6, 6.07) is 0. The molecule has 3 heteroatoms. The van der Waals surface area contributed by atoms with Gasteiger partial charge in [-0.3, -0.25) is 0 Å². The first kappa shape index (κ1) is 18.0. The van der Waals surface area contributed by atoms with Gasteiger partial charge in [0.15, 0.2) is 6.29 Å². The maximum atomic E-state index is 6.46. The lowest BCUT2D eigenvalue weighted by molar-refractivity contribution is -0.907. The van der Waals surface area contributed by atoms with Crippen LogP contribution in [0.25, 0.3) is 0 Å². The molecule has 2 aliphatic carbocycles. The van der Waals surface area contributed by atoms with Crippen molar-refractivity contribution >= 4 is 0 Å². The van der Waals surface area contributed by atoms with E-state index in [9.17, 15) is 0 Å². The highest BCUT2D eigenvalue weighted by Crippen LogP contribution is 2.50. The molecule has 142 valence electrons. The fourth-order valence-electron chi connectivity index (χ4n) is 5.89. The fraction of sp³-hybridized carbons (Fsp3) is 0.909. The highest BCUT2D eigenvalue weighted by Gasteiger charge is 2.43. The molecule has 0 aromatic heterocycles. The molecule has 1 N–H and O–H groups in total. The van der Waals surface area contributed by atoms with Gasteiger partial charge in [-0.05, 0) is 62.7 Å². The zero-order valence-corrected chi connectivity index (χ0v) is 16.6. The summed E-state index contributed by atoms with van der Waals surface area (Å²) in [5.41, 5.74) is 3.91. The summed E-state index contributed by atoms with van der Waals surface area (Å²) in [5.74, 6) is 1.25. The SMILES string of the molecule is C[C@@H]1CC2=C(C[C@H]1[C@@H]1OC[C@H](C[NH+]3CCCCC3)O1)C(C)(C)CCC2. The van der Waals surface area contributed by atoms with Crippen LogP contribution in [0.15, 0.2) is 11.1 Å². The van der Waals surface area contributed by atoms with Crippen LogP contribution in [0.4, 0.5) is 0 Å². The predicted molar refractivity (Wildman–Crippen MR) is 101 cm³/mol. The topological polar surface area (TPSA) is 22.9 Å². The third-order valence-corrected chi connectivity index (χ3v) is 7.46. The van der Waals surface area contributed by atoms with Crippen LogP contribution in [-0.2, 0) is 9.47 Å². The second-order valence-corrected chi connectivity index (χ2v) is 9.84. The number of piperidine rings is 1. The average Bonchev–Trinajstić information content (AvgIpc) is 3.03. The van der Waals surface area contributed by atoms with E-state index >= 15 is 0 Å². The molecule has 0 spiro atoms. The largest absolute Gasteiger partial charge is 0.349 e. The molecule has 2 saturated heterocycles. The van der Waals surface area contributed by atoms with E-state index in [0.717, 1.165) is 13.2 Å². The summed E-state index contributed by atoms with van der Waals surface area (Å²) >= 11 is 0. The Labute approximate surface area is 154 Å². The van der Waals surface area contributed by atoms with E-state index in [4.69, 9.17) is 9.47 Å². The summed E-state index contributed by atoms with van der Waals surface area (Å²) in [7, 11) is 0. The molecule has 3 nitrogen and oxygen atoms in total. The summed E-state index contributed by atoms with van der Waals surface area (Å²) < 4.78 is 12.7. The predicted octanol–water partition coefficient (Wildman–Crippen LogP) is 3.35. The van der Waals surface area contributed by atoms with E-state index in [-0.39, 0.29) is 6.29 Å². The maximum Gasteiger partial charge on any atom is 0.161 e. The fourth-order valence-corrected chi connectivity index (χ4v) is 5.89. The zero-order valence-electron chi connectivity index (χ0n) is 16.6. The van der Waals surface area contributed by atoms with Crippen LogP contribution in [-0.4, -0.2) is 38.6 Å². The number of nitrogens with one attached hydrogen (secondary N) is 1. The van der Waals surface area contributed by atoms with Crippen molar-refractivity contribution in [3.8, 4) is 0 Å². The Hall–Kier alpha value is -0.380. The molecule has 2 fully saturated rings. The third-order valence-electron chi connectivity index (χ3n) is 7.46. The number of quaternary nitrogens is 1. The van der Waals surface area contributed by atoms with Crippen LogP contribution in [0.5, 0.6) is 0 Å². The van der Waals surface area contributed by atoms with Crippen molar-refractivity contribution in [1.82, 2.24) is 0 Å². The standard InChI is InChI=1S/C22H37NO2/c1-16-12-17-8-7-9-22(2,3)20(17)13-19(16)21-24-15-18(25-21)14-23-10-5-4-6-11-23/h16,18-19,21H,4-15H2,1-3H3/p+1/t16-,18+,19-,21-/m1/s1. The molecule has 0 aromatic rings. The average molecular weight is 349 g/mol. The van der Waals surface area contributed by atoms with Gasteiger partial charge in [0.2, 0.25) is 0 Å². The molecular formula is C22H38NO2+. The molecule has 4 aliphatic rings. The Bertz CT molecular complexity index is 506. The Morgan fingerprint density at radius 1 is 1.08 bits per heavy atom. The van der Waals surface area contributed by atoms with Crippen LogP contribution in [0.2, 0.25) is 0 Å². The molecule has 4 atom stereocenters. The second kappa shape index (κ2) is 7.32. The van der Waals surface area contributed by atoms with Gasteiger partial charge in [-0.15, -0.1) is 0 Å².